The summed E-state index contributed by atoms with van der Waals surface area (Å²) in [5, 5.41) is 16.0. The Morgan fingerprint density at radius 2 is 1.11 bits per heavy atom. The molecule has 0 bridgehead atoms. The number of aromatic nitrogens is 6. The molecular formula is C48H38F5N11O2. The Labute approximate surface area is 373 Å². The molecule has 13 nitrogen and oxygen atoms in total. The fourth-order valence-corrected chi connectivity index (χ4v) is 7.14. The van der Waals surface area contributed by atoms with Crippen LogP contribution in [0.4, 0.5) is 33.6 Å². The van der Waals surface area contributed by atoms with Gasteiger partial charge in [0.1, 0.15) is 35.0 Å². The first-order valence-electron chi connectivity index (χ1n) is 20.1. The van der Waals surface area contributed by atoms with Crippen LogP contribution in [0.15, 0.2) is 110 Å². The Bertz CT molecular complexity index is 3190. The predicted molar refractivity (Wildman–Crippen MR) is 236 cm³/mol. The summed E-state index contributed by atoms with van der Waals surface area (Å²) in [5.74, 6) is -1.67. The summed E-state index contributed by atoms with van der Waals surface area (Å²) in [5.41, 5.74) is 16.8. The second kappa shape index (κ2) is 19.5. The molecule has 6 heterocycles. The Balaban J connectivity index is 0.000000197. The standard InChI is InChI=1S/C24H19F4N5O.C24H19FN6O/c1-13-6-21(29)33-22(24(26,27)28)19(13)12-32-23(34)15-4-5-30-18(10-15)8-14-2-3-20-16(7-14)9-17(25)11-31-20;1-14-6-23(27)31-22(11-26)20(14)13-30-24(32)16-4-5-28-19(10-16)8-15-2-3-21-17(7-15)9-18(25)12-29-21/h2-7,9-11H,8,12H2,1H3,(H2,29,33)(H,32,34);2-7,9-10,12H,8,13H2,1H3,(H2,27,31)(H,30,32). The lowest BCUT2D eigenvalue weighted by molar-refractivity contribution is -0.141. The van der Waals surface area contributed by atoms with Crippen LogP contribution in [0.3, 0.4) is 0 Å². The number of benzene rings is 2. The number of hydrogen-bond donors (Lipinski definition) is 4. The summed E-state index contributed by atoms with van der Waals surface area (Å²) in [6, 6.07) is 25.2. The Kier molecular flexibility index (Phi) is 13.5. The van der Waals surface area contributed by atoms with Crippen LogP contribution in [-0.4, -0.2) is 41.7 Å². The van der Waals surface area contributed by atoms with Crippen molar-refractivity contribution in [1.82, 2.24) is 40.5 Å². The molecule has 0 atom stereocenters. The van der Waals surface area contributed by atoms with Crippen molar-refractivity contribution in [2.75, 3.05) is 11.5 Å². The number of rotatable bonds is 10. The molecule has 6 N–H and O–H groups in total. The van der Waals surface area contributed by atoms with E-state index >= 15 is 0 Å². The molecule has 0 unspecified atom stereocenters. The van der Waals surface area contributed by atoms with Crippen LogP contribution in [-0.2, 0) is 32.1 Å². The zero-order valence-electron chi connectivity index (χ0n) is 35.2. The van der Waals surface area contributed by atoms with E-state index < -0.39 is 29.4 Å². The maximum absolute atomic E-state index is 13.5. The largest absolute Gasteiger partial charge is 0.433 e. The number of aryl methyl sites for hydroxylation is 2. The molecule has 8 rings (SSSR count). The molecule has 332 valence electrons. The SMILES string of the molecule is Cc1cc(N)nc(C#N)c1CNC(=O)c1ccnc(Cc2ccc3ncc(F)cc3c2)c1.Cc1cc(N)nc(C(F)(F)F)c1CNC(=O)c1ccnc(Cc2ccc3ncc(F)cc3c2)c1. The highest BCUT2D eigenvalue weighted by molar-refractivity contribution is 5.94. The normalized spacial score (nSPS) is 11.1. The van der Waals surface area contributed by atoms with E-state index in [0.29, 0.717) is 57.2 Å². The van der Waals surface area contributed by atoms with E-state index in [2.05, 4.69) is 40.5 Å². The van der Waals surface area contributed by atoms with E-state index in [1.165, 1.54) is 43.6 Å². The molecule has 0 saturated carbocycles. The quantitative estimate of drug-likeness (QED) is 0.0965. The monoisotopic (exact) mass is 895 g/mol. The molecule has 66 heavy (non-hydrogen) atoms. The molecule has 6 aromatic heterocycles. The fourth-order valence-electron chi connectivity index (χ4n) is 7.14. The van der Waals surface area contributed by atoms with Gasteiger partial charge in [0.05, 0.1) is 23.4 Å². The molecule has 2 amide bonds. The van der Waals surface area contributed by atoms with Crippen LogP contribution in [0, 0.1) is 36.8 Å². The highest BCUT2D eigenvalue weighted by Crippen LogP contribution is 2.33. The number of anilines is 2. The molecular weight excluding hydrogens is 858 g/mol. The highest BCUT2D eigenvalue weighted by Gasteiger charge is 2.36. The second-order valence-electron chi connectivity index (χ2n) is 15.1. The average Bonchev–Trinajstić information content (AvgIpc) is 3.27. The average molecular weight is 896 g/mol. The molecule has 0 spiro atoms. The molecule has 0 aliphatic heterocycles. The summed E-state index contributed by atoms with van der Waals surface area (Å²) in [6.07, 6.45) is 1.49. The summed E-state index contributed by atoms with van der Waals surface area (Å²) < 4.78 is 67.1. The van der Waals surface area contributed by atoms with Gasteiger partial charge in [0.2, 0.25) is 0 Å². The molecule has 0 fully saturated rings. The minimum Gasteiger partial charge on any atom is -0.384 e. The van der Waals surface area contributed by atoms with E-state index in [1.807, 2.05) is 37.3 Å². The minimum absolute atomic E-state index is 0.152. The summed E-state index contributed by atoms with van der Waals surface area (Å²) >= 11 is 0. The zero-order chi connectivity index (χ0) is 47.1. The van der Waals surface area contributed by atoms with Gasteiger partial charge in [-0.3, -0.25) is 29.5 Å². The van der Waals surface area contributed by atoms with Crippen molar-refractivity contribution in [3.05, 3.63) is 189 Å². The summed E-state index contributed by atoms with van der Waals surface area (Å²) in [4.78, 5) is 49.5. The lowest BCUT2D eigenvalue weighted by atomic mass is 10.0. The molecule has 0 saturated heterocycles. The summed E-state index contributed by atoms with van der Waals surface area (Å²) in [7, 11) is 0. The number of pyridine rings is 6. The van der Waals surface area contributed by atoms with Gasteiger partial charge in [-0.1, -0.05) is 12.1 Å². The molecule has 8 aromatic rings. The number of nitrogens with two attached hydrogens (primary N) is 2. The maximum Gasteiger partial charge on any atom is 0.433 e. The van der Waals surface area contributed by atoms with Gasteiger partial charge in [-0.25, -0.2) is 18.7 Å². The van der Waals surface area contributed by atoms with E-state index in [9.17, 15) is 36.8 Å². The fraction of sp³-hybridized carbons (Fsp3) is 0.146. The number of carbonyl (C=O) groups is 2. The van der Waals surface area contributed by atoms with Crippen molar-refractivity contribution >= 4 is 45.3 Å². The number of carbonyl (C=O) groups excluding carboxylic acids is 2. The number of hydrogen-bond acceptors (Lipinski definition) is 11. The van der Waals surface area contributed by atoms with Gasteiger partial charge in [-0.05, 0) is 109 Å². The number of halogens is 5. The van der Waals surface area contributed by atoms with Gasteiger partial charge in [-0.15, -0.1) is 0 Å². The van der Waals surface area contributed by atoms with E-state index in [0.717, 1.165) is 22.9 Å². The number of alkyl halides is 3. The number of nitrogens with zero attached hydrogens (tertiary/aromatic N) is 7. The van der Waals surface area contributed by atoms with Crippen molar-refractivity contribution in [2.45, 2.75) is 46.0 Å². The first-order chi connectivity index (χ1) is 31.5. The third-order valence-corrected chi connectivity index (χ3v) is 10.3. The van der Waals surface area contributed by atoms with E-state index in [4.69, 9.17) is 11.5 Å². The zero-order valence-corrected chi connectivity index (χ0v) is 35.2. The van der Waals surface area contributed by atoms with Gasteiger partial charge in [0.15, 0.2) is 5.69 Å². The van der Waals surface area contributed by atoms with Crippen molar-refractivity contribution in [1.29, 1.82) is 5.26 Å². The van der Waals surface area contributed by atoms with Crippen LogP contribution in [0.5, 0.6) is 0 Å². The molecule has 0 aliphatic carbocycles. The summed E-state index contributed by atoms with van der Waals surface area (Å²) in [6.45, 7) is 3.08. The van der Waals surface area contributed by atoms with E-state index in [1.54, 1.807) is 42.6 Å². The van der Waals surface area contributed by atoms with Gasteiger partial charge in [0.25, 0.3) is 11.8 Å². The Hall–Kier alpha value is -8.46. The maximum atomic E-state index is 13.5. The molecule has 18 heteroatoms. The Morgan fingerprint density at radius 1 is 0.636 bits per heavy atom. The minimum atomic E-state index is -4.71. The third-order valence-electron chi connectivity index (χ3n) is 10.3. The number of nitriles is 1. The molecule has 0 aliphatic rings. The Morgan fingerprint density at radius 3 is 1.59 bits per heavy atom. The second-order valence-corrected chi connectivity index (χ2v) is 15.1. The van der Waals surface area contributed by atoms with Crippen molar-refractivity contribution < 1.29 is 31.5 Å². The predicted octanol–water partition coefficient (Wildman–Crippen LogP) is 8.04. The van der Waals surface area contributed by atoms with Crippen LogP contribution in [0.2, 0.25) is 0 Å². The van der Waals surface area contributed by atoms with E-state index in [-0.39, 0.29) is 53.0 Å². The molecule has 2 aromatic carbocycles. The number of nitrogen functional groups attached to an aromatic ring is 2. The van der Waals surface area contributed by atoms with Crippen LogP contribution < -0.4 is 22.1 Å². The van der Waals surface area contributed by atoms with Gasteiger partial charge in [-0.2, -0.15) is 18.4 Å². The lowest BCUT2D eigenvalue weighted by Crippen LogP contribution is -2.26. The van der Waals surface area contributed by atoms with Gasteiger partial charge < -0.3 is 22.1 Å². The van der Waals surface area contributed by atoms with Crippen molar-refractivity contribution in [3.63, 3.8) is 0 Å². The number of nitrogens with one attached hydrogen (secondary N) is 2. The first kappa shape index (κ1) is 45.6. The smallest absolute Gasteiger partial charge is 0.384 e. The van der Waals surface area contributed by atoms with Gasteiger partial charge in [0, 0.05) is 82.7 Å². The van der Waals surface area contributed by atoms with Gasteiger partial charge >= 0.3 is 6.18 Å². The number of fused-ring (bicyclic) bond motifs is 2. The van der Waals surface area contributed by atoms with Crippen molar-refractivity contribution in [2.24, 2.45) is 0 Å². The number of amides is 2. The third kappa shape index (κ3) is 11.2. The first-order valence-corrected chi connectivity index (χ1v) is 20.1. The topological polar surface area (TPSA) is 211 Å². The van der Waals surface area contributed by atoms with Crippen LogP contribution >= 0.6 is 0 Å². The highest BCUT2D eigenvalue weighted by atomic mass is 19.4. The van der Waals surface area contributed by atoms with Crippen LogP contribution in [0.1, 0.15) is 76.9 Å². The van der Waals surface area contributed by atoms with Crippen molar-refractivity contribution in [3.8, 4) is 6.07 Å². The van der Waals surface area contributed by atoms with Crippen LogP contribution in [0.25, 0.3) is 21.8 Å². The molecule has 0 radical (unpaired) electrons. The lowest BCUT2D eigenvalue weighted by Gasteiger charge is -2.16.